The topological polar surface area (TPSA) is 111 Å². The molecule has 0 aliphatic heterocycles. The zero-order valence-electron chi connectivity index (χ0n) is 16.4. The first-order valence-electron chi connectivity index (χ1n) is 9.56. The molecule has 0 radical (unpaired) electrons. The van der Waals surface area contributed by atoms with Crippen LogP contribution in [0.25, 0.3) is 0 Å². The Labute approximate surface area is 189 Å². The van der Waals surface area contributed by atoms with Crippen LogP contribution < -0.4 is 21.5 Å². The van der Waals surface area contributed by atoms with Crippen molar-refractivity contribution < 1.29 is 19.0 Å². The molecule has 0 bridgehead atoms. The number of hydrogen-bond acceptors (Lipinski definition) is 5. The number of nitrogens with one attached hydrogen (secondary N) is 1. The number of aliphatic hydroxyl groups excluding tert-OH is 1. The molecule has 1 aliphatic carbocycles. The minimum atomic E-state index is -1.61. The van der Waals surface area contributed by atoms with Crippen LogP contribution in [0.1, 0.15) is 36.1 Å². The van der Waals surface area contributed by atoms with Gasteiger partial charge in [-0.25, -0.2) is 4.39 Å². The summed E-state index contributed by atoms with van der Waals surface area (Å²) in [5, 5.41) is 12.7. The summed E-state index contributed by atoms with van der Waals surface area (Å²) in [5.74, 6) is -0.902. The lowest BCUT2D eigenvalue weighted by atomic mass is 10.1. The molecule has 1 saturated carbocycles. The first-order chi connectivity index (χ1) is 14.8. The van der Waals surface area contributed by atoms with E-state index in [1.807, 2.05) is 18.2 Å². The Morgan fingerprint density at radius 3 is 2.65 bits per heavy atom. The fourth-order valence-corrected chi connectivity index (χ4v) is 3.56. The SMILES string of the molecule is N/C=C(Oc1cccc(C2CC2)c1)\C(C(=O)NCC(F)c1ccc(Cl)cc1Cl)=C(/N)O. The molecule has 9 heteroatoms. The Morgan fingerprint density at radius 1 is 1.29 bits per heavy atom. The number of nitrogens with two attached hydrogens (primary N) is 2. The van der Waals surface area contributed by atoms with Gasteiger partial charge >= 0.3 is 0 Å². The Bertz CT molecular complexity index is 1030. The molecular weight excluding hydrogens is 444 g/mol. The maximum Gasteiger partial charge on any atom is 0.260 e. The number of halogens is 3. The highest BCUT2D eigenvalue weighted by atomic mass is 35.5. The summed E-state index contributed by atoms with van der Waals surface area (Å²) in [4.78, 5) is 12.6. The van der Waals surface area contributed by atoms with Crippen LogP contribution in [-0.2, 0) is 4.79 Å². The monoisotopic (exact) mass is 465 g/mol. The number of ether oxygens (including phenoxy) is 1. The molecule has 1 atom stereocenters. The van der Waals surface area contributed by atoms with E-state index in [4.69, 9.17) is 39.4 Å². The van der Waals surface area contributed by atoms with Crippen molar-refractivity contribution in [3.63, 3.8) is 0 Å². The number of aliphatic hydroxyl groups is 1. The largest absolute Gasteiger partial charge is 0.494 e. The summed E-state index contributed by atoms with van der Waals surface area (Å²) < 4.78 is 20.3. The molecule has 2 aromatic rings. The second-order valence-corrected chi connectivity index (χ2v) is 7.93. The van der Waals surface area contributed by atoms with Crippen LogP contribution in [0.5, 0.6) is 5.75 Å². The van der Waals surface area contributed by atoms with E-state index in [-0.39, 0.29) is 16.3 Å². The first kappa shape index (κ1) is 22.8. The van der Waals surface area contributed by atoms with Crippen molar-refractivity contribution in [1.82, 2.24) is 5.32 Å². The first-order valence-corrected chi connectivity index (χ1v) is 10.3. The second kappa shape index (κ2) is 9.94. The van der Waals surface area contributed by atoms with E-state index in [1.165, 1.54) is 18.2 Å². The van der Waals surface area contributed by atoms with E-state index in [0.717, 1.165) is 24.6 Å². The molecule has 2 aromatic carbocycles. The third-order valence-electron chi connectivity index (χ3n) is 4.76. The smallest absolute Gasteiger partial charge is 0.260 e. The summed E-state index contributed by atoms with van der Waals surface area (Å²) in [6, 6.07) is 11.7. The molecule has 6 N–H and O–H groups in total. The minimum absolute atomic E-state index is 0.133. The van der Waals surface area contributed by atoms with Crippen molar-refractivity contribution in [2.24, 2.45) is 11.5 Å². The highest BCUT2D eigenvalue weighted by Crippen LogP contribution is 2.41. The minimum Gasteiger partial charge on any atom is -0.494 e. The van der Waals surface area contributed by atoms with Crippen LogP contribution in [0.15, 0.2) is 65.9 Å². The van der Waals surface area contributed by atoms with E-state index in [0.29, 0.717) is 16.7 Å². The standard InChI is InChI=1S/C22H22Cl2FN3O3/c23-14-6-7-16(17(24)9-14)18(25)11-28-22(30)20(21(27)29)19(10-26)31-15-3-1-2-13(8-15)12-4-5-12/h1-3,6-10,12,18,29H,4-5,11,26-27H2,(H,28,30)/b19-10+,21-20-. The third-order valence-corrected chi connectivity index (χ3v) is 5.32. The zero-order valence-corrected chi connectivity index (χ0v) is 18.0. The molecule has 6 nitrogen and oxygen atoms in total. The number of amides is 1. The van der Waals surface area contributed by atoms with E-state index < -0.39 is 30.1 Å². The van der Waals surface area contributed by atoms with Gasteiger partial charge in [-0.2, -0.15) is 0 Å². The number of carbonyl (C=O) groups excluding carboxylic acids is 1. The average molecular weight is 466 g/mol. The molecule has 1 amide bonds. The van der Waals surface area contributed by atoms with Crippen molar-refractivity contribution in [2.45, 2.75) is 24.9 Å². The zero-order chi connectivity index (χ0) is 22.5. The number of rotatable bonds is 8. The highest BCUT2D eigenvalue weighted by molar-refractivity contribution is 6.35. The third kappa shape index (κ3) is 5.83. The summed E-state index contributed by atoms with van der Waals surface area (Å²) in [7, 11) is 0. The van der Waals surface area contributed by atoms with Gasteiger partial charge in [-0.15, -0.1) is 0 Å². The molecule has 1 unspecified atom stereocenters. The van der Waals surface area contributed by atoms with Crippen molar-refractivity contribution in [3.05, 3.63) is 87.1 Å². The molecular formula is C22H22Cl2FN3O3. The quantitative estimate of drug-likeness (QED) is 0.258. The van der Waals surface area contributed by atoms with Crippen molar-refractivity contribution in [1.29, 1.82) is 0 Å². The Morgan fingerprint density at radius 2 is 2.03 bits per heavy atom. The fourth-order valence-electron chi connectivity index (χ4n) is 3.03. The molecule has 31 heavy (non-hydrogen) atoms. The van der Waals surface area contributed by atoms with Gasteiger partial charge in [0.05, 0.1) is 6.54 Å². The van der Waals surface area contributed by atoms with Gasteiger partial charge < -0.3 is 26.6 Å². The van der Waals surface area contributed by atoms with Crippen molar-refractivity contribution in [2.75, 3.05) is 6.54 Å². The Kier molecular flexibility index (Phi) is 7.30. The molecule has 0 spiro atoms. The van der Waals surface area contributed by atoms with Gasteiger partial charge in [-0.05, 0) is 48.6 Å². The van der Waals surface area contributed by atoms with Gasteiger partial charge in [-0.1, -0.05) is 41.4 Å². The highest BCUT2D eigenvalue weighted by Gasteiger charge is 2.25. The Balaban J connectivity index is 1.70. The second-order valence-electron chi connectivity index (χ2n) is 7.08. The number of hydrogen-bond donors (Lipinski definition) is 4. The van der Waals surface area contributed by atoms with Crippen molar-refractivity contribution >= 4 is 29.1 Å². The molecule has 0 saturated heterocycles. The van der Waals surface area contributed by atoms with Crippen LogP contribution >= 0.6 is 23.2 Å². The predicted molar refractivity (Wildman–Crippen MR) is 118 cm³/mol. The summed E-state index contributed by atoms with van der Waals surface area (Å²) in [6.07, 6.45) is 1.62. The summed E-state index contributed by atoms with van der Waals surface area (Å²) >= 11 is 11.8. The van der Waals surface area contributed by atoms with Gasteiger partial charge in [0.2, 0.25) is 0 Å². The molecule has 3 rings (SSSR count). The van der Waals surface area contributed by atoms with E-state index in [9.17, 15) is 14.3 Å². The van der Waals surface area contributed by atoms with Gasteiger partial charge in [0.15, 0.2) is 11.6 Å². The molecule has 1 aliphatic rings. The maximum absolute atomic E-state index is 14.6. The van der Waals surface area contributed by atoms with Gasteiger partial charge in [0.1, 0.15) is 17.5 Å². The number of carbonyl (C=O) groups is 1. The van der Waals surface area contributed by atoms with Crippen LogP contribution in [0.2, 0.25) is 10.0 Å². The lowest BCUT2D eigenvalue weighted by Crippen LogP contribution is -2.32. The van der Waals surface area contributed by atoms with Gasteiger partial charge in [0, 0.05) is 21.8 Å². The van der Waals surface area contributed by atoms with Crippen LogP contribution in [0.4, 0.5) is 4.39 Å². The lowest BCUT2D eigenvalue weighted by Gasteiger charge is -2.16. The average Bonchev–Trinajstić information content (AvgIpc) is 3.57. The fraction of sp³-hybridized carbons (Fsp3) is 0.227. The van der Waals surface area contributed by atoms with Gasteiger partial charge in [0.25, 0.3) is 5.91 Å². The molecule has 0 heterocycles. The van der Waals surface area contributed by atoms with Crippen LogP contribution in [0, 0.1) is 0 Å². The molecule has 0 aromatic heterocycles. The summed E-state index contributed by atoms with van der Waals surface area (Å²) in [5.41, 5.74) is 12.0. The maximum atomic E-state index is 14.6. The van der Waals surface area contributed by atoms with E-state index in [1.54, 1.807) is 6.07 Å². The van der Waals surface area contributed by atoms with E-state index >= 15 is 0 Å². The predicted octanol–water partition coefficient (Wildman–Crippen LogP) is 4.61. The van der Waals surface area contributed by atoms with Crippen LogP contribution in [-0.4, -0.2) is 17.6 Å². The molecule has 1 fully saturated rings. The normalized spacial score (nSPS) is 15.8. The van der Waals surface area contributed by atoms with Crippen LogP contribution in [0.3, 0.4) is 0 Å². The lowest BCUT2D eigenvalue weighted by molar-refractivity contribution is -0.117. The van der Waals surface area contributed by atoms with Crippen molar-refractivity contribution in [3.8, 4) is 5.75 Å². The Hall–Kier alpha value is -2.90. The van der Waals surface area contributed by atoms with Gasteiger partial charge in [-0.3, -0.25) is 4.79 Å². The summed E-state index contributed by atoms with van der Waals surface area (Å²) in [6.45, 7) is -0.425. The number of benzene rings is 2. The number of alkyl halides is 1. The molecule has 164 valence electrons. The van der Waals surface area contributed by atoms with E-state index in [2.05, 4.69) is 5.32 Å².